The van der Waals surface area contributed by atoms with Gasteiger partial charge >= 0.3 is 0 Å². The number of nitrogens with one attached hydrogen (secondary N) is 1. The lowest BCUT2D eigenvalue weighted by molar-refractivity contribution is 0.0706. The summed E-state index contributed by atoms with van der Waals surface area (Å²) in [6.07, 6.45) is 7.38. The summed E-state index contributed by atoms with van der Waals surface area (Å²) in [5.41, 5.74) is 6.23. The first kappa shape index (κ1) is 19.3. The molecule has 2 aromatic carbocycles. The minimum absolute atomic E-state index is 0.0313. The Balaban J connectivity index is 1.36. The summed E-state index contributed by atoms with van der Waals surface area (Å²) >= 11 is 0. The number of rotatable bonds is 4. The van der Waals surface area contributed by atoms with Gasteiger partial charge in [-0.05, 0) is 43.0 Å². The fourth-order valence-electron chi connectivity index (χ4n) is 4.43. The predicted octanol–water partition coefficient (Wildman–Crippen LogP) is 4.59. The third kappa shape index (κ3) is 3.77. The zero-order valence-electron chi connectivity index (χ0n) is 17.5. The van der Waals surface area contributed by atoms with Crippen LogP contribution < -0.4 is 0 Å². The van der Waals surface area contributed by atoms with Crippen LogP contribution in [-0.2, 0) is 0 Å². The van der Waals surface area contributed by atoms with Crippen molar-refractivity contribution in [2.45, 2.75) is 25.7 Å². The zero-order chi connectivity index (χ0) is 21.2. The first-order valence-electron chi connectivity index (χ1n) is 10.7. The molecule has 6 nitrogen and oxygen atoms in total. The highest BCUT2D eigenvalue weighted by atomic mass is 16.2. The highest BCUT2D eigenvalue weighted by Gasteiger charge is 2.29. The molecule has 0 bridgehead atoms. The van der Waals surface area contributed by atoms with Gasteiger partial charge < -0.3 is 4.90 Å². The van der Waals surface area contributed by atoms with Crippen LogP contribution in [-0.4, -0.2) is 43.9 Å². The summed E-state index contributed by atoms with van der Waals surface area (Å²) in [4.78, 5) is 15.2. The van der Waals surface area contributed by atoms with E-state index in [0.717, 1.165) is 36.3 Å². The van der Waals surface area contributed by atoms with Gasteiger partial charge in [-0.2, -0.15) is 10.2 Å². The summed E-state index contributed by atoms with van der Waals surface area (Å²) in [6.45, 7) is 3.56. The molecule has 4 aromatic rings. The number of benzene rings is 2. The van der Waals surface area contributed by atoms with Gasteiger partial charge in [0.05, 0.1) is 23.6 Å². The normalized spacial score (nSPS) is 16.4. The quantitative estimate of drug-likeness (QED) is 0.534. The lowest BCUT2D eigenvalue weighted by atomic mass is 9.89. The van der Waals surface area contributed by atoms with Crippen molar-refractivity contribution in [2.75, 3.05) is 13.1 Å². The van der Waals surface area contributed by atoms with Crippen LogP contribution >= 0.6 is 0 Å². The smallest absolute Gasteiger partial charge is 0.257 e. The summed E-state index contributed by atoms with van der Waals surface area (Å²) in [6, 6.07) is 18.2. The Morgan fingerprint density at radius 3 is 2.68 bits per heavy atom. The summed E-state index contributed by atoms with van der Waals surface area (Å²) in [5.74, 6) is 0.266. The number of nitrogens with zero attached hydrogens (tertiary/aromatic N) is 4. The molecule has 1 fully saturated rings. The second-order valence-corrected chi connectivity index (χ2v) is 8.11. The molecule has 1 amide bonds. The van der Waals surface area contributed by atoms with Gasteiger partial charge in [0, 0.05) is 36.5 Å². The number of hydrogen-bond donors (Lipinski definition) is 1. The van der Waals surface area contributed by atoms with Crippen molar-refractivity contribution in [1.29, 1.82) is 0 Å². The summed E-state index contributed by atoms with van der Waals surface area (Å²) in [5, 5.41) is 11.9. The maximum absolute atomic E-state index is 13.2. The van der Waals surface area contributed by atoms with Crippen LogP contribution in [0.25, 0.3) is 16.8 Å². The Morgan fingerprint density at radius 1 is 1.03 bits per heavy atom. The van der Waals surface area contributed by atoms with E-state index in [0.29, 0.717) is 12.1 Å². The number of carbonyl (C=O) groups excluding carboxylic acids is 1. The molecule has 0 spiro atoms. The lowest BCUT2D eigenvalue weighted by Crippen LogP contribution is -2.39. The Hall–Kier alpha value is -3.67. The minimum Gasteiger partial charge on any atom is -0.338 e. The number of amides is 1. The molecule has 5 rings (SSSR count). The van der Waals surface area contributed by atoms with Gasteiger partial charge in [-0.15, -0.1) is 0 Å². The Kier molecular flexibility index (Phi) is 5.12. The average molecular weight is 412 g/mol. The molecule has 156 valence electrons. The number of hydrogen-bond acceptors (Lipinski definition) is 3. The number of H-pyrrole nitrogens is 1. The van der Waals surface area contributed by atoms with E-state index >= 15 is 0 Å². The molecule has 1 aliphatic heterocycles. The van der Waals surface area contributed by atoms with E-state index in [4.69, 9.17) is 0 Å². The average Bonchev–Trinajstić information content (AvgIpc) is 3.50. The highest BCUT2D eigenvalue weighted by molar-refractivity contribution is 5.94. The largest absolute Gasteiger partial charge is 0.338 e. The standard InChI is InChI=1S/C25H25N5O/c1-18-8-5-6-12-22(18)23-15-26-28-24(23)19-9-7-13-29(16-19)25(31)20-14-27-30(17-20)21-10-3-2-4-11-21/h2-6,8,10-12,14-15,17,19H,7,9,13,16H2,1H3,(H,26,28). The topological polar surface area (TPSA) is 66.8 Å². The lowest BCUT2D eigenvalue weighted by Gasteiger charge is -2.32. The van der Waals surface area contributed by atoms with Gasteiger partial charge in [0.25, 0.3) is 5.91 Å². The van der Waals surface area contributed by atoms with Crippen LogP contribution in [0.2, 0.25) is 0 Å². The van der Waals surface area contributed by atoms with E-state index in [1.165, 1.54) is 11.1 Å². The first-order chi connectivity index (χ1) is 15.2. The van der Waals surface area contributed by atoms with Crippen LogP contribution in [0.15, 0.2) is 73.2 Å². The van der Waals surface area contributed by atoms with Crippen LogP contribution in [0.1, 0.15) is 40.4 Å². The van der Waals surface area contributed by atoms with Crippen LogP contribution in [0.3, 0.4) is 0 Å². The van der Waals surface area contributed by atoms with E-state index in [-0.39, 0.29) is 11.8 Å². The number of aryl methyl sites for hydroxylation is 1. The highest BCUT2D eigenvalue weighted by Crippen LogP contribution is 2.34. The van der Waals surface area contributed by atoms with Crippen molar-refractivity contribution in [2.24, 2.45) is 0 Å². The molecule has 0 saturated carbocycles. The van der Waals surface area contributed by atoms with Crippen LogP contribution in [0, 0.1) is 6.92 Å². The van der Waals surface area contributed by atoms with Crippen molar-refractivity contribution in [3.05, 3.63) is 90.0 Å². The first-order valence-corrected chi connectivity index (χ1v) is 10.7. The van der Waals surface area contributed by atoms with E-state index in [1.807, 2.05) is 47.6 Å². The molecule has 1 unspecified atom stereocenters. The van der Waals surface area contributed by atoms with Gasteiger partial charge in [0.2, 0.25) is 0 Å². The molecule has 1 aliphatic rings. The molecule has 1 atom stereocenters. The number of aromatic nitrogens is 4. The molecular formula is C25H25N5O. The number of carbonyl (C=O) groups is 1. The minimum atomic E-state index is 0.0313. The van der Waals surface area contributed by atoms with E-state index in [2.05, 4.69) is 46.5 Å². The Morgan fingerprint density at radius 2 is 1.84 bits per heavy atom. The number of aromatic amines is 1. The monoisotopic (exact) mass is 411 g/mol. The summed E-state index contributed by atoms with van der Waals surface area (Å²) < 4.78 is 1.75. The Labute approximate surface area is 181 Å². The van der Waals surface area contributed by atoms with Crippen LogP contribution in [0.5, 0.6) is 0 Å². The van der Waals surface area contributed by atoms with Crippen molar-refractivity contribution in [3.8, 4) is 16.8 Å². The molecule has 1 saturated heterocycles. The van der Waals surface area contributed by atoms with Gasteiger partial charge in [0.1, 0.15) is 0 Å². The van der Waals surface area contributed by atoms with E-state index < -0.39 is 0 Å². The third-order valence-electron chi connectivity index (χ3n) is 6.07. The maximum atomic E-state index is 13.2. The molecule has 31 heavy (non-hydrogen) atoms. The fourth-order valence-corrected chi connectivity index (χ4v) is 4.43. The van der Waals surface area contributed by atoms with E-state index in [9.17, 15) is 4.79 Å². The van der Waals surface area contributed by atoms with Gasteiger partial charge in [-0.3, -0.25) is 9.89 Å². The second-order valence-electron chi connectivity index (χ2n) is 8.11. The fraction of sp³-hybridized carbons (Fsp3) is 0.240. The molecule has 6 heteroatoms. The number of piperidine rings is 1. The van der Waals surface area contributed by atoms with Gasteiger partial charge in [0.15, 0.2) is 0 Å². The van der Waals surface area contributed by atoms with Crippen molar-refractivity contribution in [3.63, 3.8) is 0 Å². The Bertz CT molecular complexity index is 1190. The molecule has 0 aliphatic carbocycles. The van der Waals surface area contributed by atoms with Crippen molar-refractivity contribution in [1.82, 2.24) is 24.9 Å². The van der Waals surface area contributed by atoms with Crippen LogP contribution in [0.4, 0.5) is 0 Å². The zero-order valence-corrected chi connectivity index (χ0v) is 17.5. The van der Waals surface area contributed by atoms with E-state index in [1.54, 1.807) is 10.9 Å². The SMILES string of the molecule is Cc1ccccc1-c1cn[nH]c1C1CCCN(C(=O)c2cnn(-c3ccccc3)c2)C1. The van der Waals surface area contributed by atoms with Crippen molar-refractivity contribution >= 4 is 5.91 Å². The second kappa shape index (κ2) is 8.22. The molecule has 0 radical (unpaired) electrons. The predicted molar refractivity (Wildman–Crippen MR) is 120 cm³/mol. The number of para-hydroxylation sites is 1. The number of likely N-dealkylation sites (tertiary alicyclic amines) is 1. The maximum Gasteiger partial charge on any atom is 0.257 e. The molecule has 1 N–H and O–H groups in total. The molecule has 2 aromatic heterocycles. The van der Waals surface area contributed by atoms with Gasteiger partial charge in [-0.25, -0.2) is 4.68 Å². The molecular weight excluding hydrogens is 386 g/mol. The van der Waals surface area contributed by atoms with Gasteiger partial charge in [-0.1, -0.05) is 42.5 Å². The van der Waals surface area contributed by atoms with Crippen molar-refractivity contribution < 1.29 is 4.79 Å². The summed E-state index contributed by atoms with van der Waals surface area (Å²) in [7, 11) is 0. The third-order valence-corrected chi connectivity index (χ3v) is 6.07. The molecule has 3 heterocycles.